The molecule has 90 valence electrons. The van der Waals surface area contributed by atoms with Crippen LogP contribution in [0.1, 0.15) is 12.5 Å². The molecule has 1 unspecified atom stereocenters. The molecular weight excluding hydrogens is 202 g/mol. The van der Waals surface area contributed by atoms with E-state index >= 15 is 0 Å². The van der Waals surface area contributed by atoms with Crippen LogP contribution in [0, 0.1) is 0 Å². The second-order valence-corrected chi connectivity index (χ2v) is 3.91. The highest BCUT2D eigenvalue weighted by Gasteiger charge is 1.99. The second kappa shape index (κ2) is 7.25. The molecule has 0 aliphatic heterocycles. The third-order valence-corrected chi connectivity index (χ3v) is 2.48. The number of hydrogen-bond acceptors (Lipinski definition) is 3. The average molecular weight is 223 g/mol. The predicted octanol–water partition coefficient (Wildman–Crippen LogP) is 1.86. The predicted molar refractivity (Wildman–Crippen MR) is 66.0 cm³/mol. The van der Waals surface area contributed by atoms with E-state index in [1.807, 2.05) is 12.1 Å². The largest absolute Gasteiger partial charge is 0.497 e. The molecule has 0 saturated carbocycles. The van der Waals surface area contributed by atoms with E-state index in [0.29, 0.717) is 6.04 Å². The molecule has 0 aliphatic carbocycles. The number of nitrogens with one attached hydrogen (secondary N) is 1. The van der Waals surface area contributed by atoms with Gasteiger partial charge in [-0.3, -0.25) is 0 Å². The van der Waals surface area contributed by atoms with Crippen LogP contribution < -0.4 is 10.1 Å². The van der Waals surface area contributed by atoms with Gasteiger partial charge in [0.05, 0.1) is 13.7 Å². The Morgan fingerprint density at radius 1 is 1.19 bits per heavy atom. The van der Waals surface area contributed by atoms with Crippen LogP contribution in [0.2, 0.25) is 0 Å². The summed E-state index contributed by atoms with van der Waals surface area (Å²) in [5, 5.41) is 3.40. The van der Waals surface area contributed by atoms with Crippen molar-refractivity contribution in [3.05, 3.63) is 29.8 Å². The maximum Gasteiger partial charge on any atom is 0.118 e. The van der Waals surface area contributed by atoms with E-state index in [4.69, 9.17) is 9.47 Å². The van der Waals surface area contributed by atoms with Crippen LogP contribution in [0.4, 0.5) is 0 Å². The molecular formula is C13H21NO2. The van der Waals surface area contributed by atoms with E-state index in [0.717, 1.165) is 25.3 Å². The third kappa shape index (κ3) is 4.64. The van der Waals surface area contributed by atoms with Gasteiger partial charge in [-0.25, -0.2) is 0 Å². The molecule has 1 aromatic rings. The van der Waals surface area contributed by atoms with Gasteiger partial charge in [0.15, 0.2) is 0 Å². The summed E-state index contributed by atoms with van der Waals surface area (Å²) in [5.74, 6) is 0.907. The molecule has 3 heteroatoms. The van der Waals surface area contributed by atoms with Crippen molar-refractivity contribution in [1.82, 2.24) is 5.32 Å². The standard InChI is InChI=1S/C13H21NO2/c1-11(10-15-2)14-9-8-12-4-6-13(16-3)7-5-12/h4-7,11,14H,8-10H2,1-3H3. The molecule has 1 N–H and O–H groups in total. The van der Waals surface area contributed by atoms with Gasteiger partial charge in [0.25, 0.3) is 0 Å². The van der Waals surface area contributed by atoms with Gasteiger partial charge in [0, 0.05) is 13.2 Å². The van der Waals surface area contributed by atoms with Crippen molar-refractivity contribution in [3.63, 3.8) is 0 Å². The minimum absolute atomic E-state index is 0.406. The quantitative estimate of drug-likeness (QED) is 0.765. The number of ether oxygens (including phenoxy) is 2. The smallest absolute Gasteiger partial charge is 0.118 e. The Labute approximate surface area is 97.8 Å². The van der Waals surface area contributed by atoms with Crippen LogP contribution in [-0.2, 0) is 11.2 Å². The molecule has 0 bridgehead atoms. The van der Waals surface area contributed by atoms with Gasteiger partial charge in [-0.15, -0.1) is 0 Å². The molecule has 0 heterocycles. The first kappa shape index (κ1) is 13.0. The van der Waals surface area contributed by atoms with E-state index in [1.165, 1.54) is 5.56 Å². The first-order chi connectivity index (χ1) is 7.76. The van der Waals surface area contributed by atoms with Crippen LogP contribution in [0.25, 0.3) is 0 Å². The van der Waals surface area contributed by atoms with Crippen LogP contribution in [0.15, 0.2) is 24.3 Å². The fourth-order valence-electron chi connectivity index (χ4n) is 1.56. The summed E-state index contributed by atoms with van der Waals surface area (Å²) in [5.41, 5.74) is 1.32. The third-order valence-electron chi connectivity index (χ3n) is 2.48. The number of hydrogen-bond donors (Lipinski definition) is 1. The Bertz CT molecular complexity index is 284. The summed E-state index contributed by atoms with van der Waals surface area (Å²) < 4.78 is 10.2. The number of methoxy groups -OCH3 is 2. The fraction of sp³-hybridized carbons (Fsp3) is 0.538. The Morgan fingerprint density at radius 3 is 2.44 bits per heavy atom. The van der Waals surface area contributed by atoms with E-state index in [-0.39, 0.29) is 0 Å². The summed E-state index contributed by atoms with van der Waals surface area (Å²) >= 11 is 0. The molecule has 0 saturated heterocycles. The van der Waals surface area contributed by atoms with Gasteiger partial charge in [-0.1, -0.05) is 12.1 Å². The summed E-state index contributed by atoms with van der Waals surface area (Å²) in [6.07, 6.45) is 1.03. The lowest BCUT2D eigenvalue weighted by Crippen LogP contribution is -2.31. The van der Waals surface area contributed by atoms with Crippen molar-refractivity contribution in [2.24, 2.45) is 0 Å². The summed E-state index contributed by atoms with van der Waals surface area (Å²) in [7, 11) is 3.41. The van der Waals surface area contributed by atoms with Gasteiger partial charge < -0.3 is 14.8 Å². The Hall–Kier alpha value is -1.06. The number of benzene rings is 1. The normalized spacial score (nSPS) is 12.4. The molecule has 0 radical (unpaired) electrons. The molecule has 1 aromatic carbocycles. The molecule has 1 atom stereocenters. The van der Waals surface area contributed by atoms with Gasteiger partial charge in [0.1, 0.15) is 5.75 Å². The summed E-state index contributed by atoms with van der Waals surface area (Å²) in [6, 6.07) is 8.59. The number of rotatable bonds is 7. The molecule has 0 amide bonds. The monoisotopic (exact) mass is 223 g/mol. The SMILES string of the molecule is COCC(C)NCCc1ccc(OC)cc1. The Morgan fingerprint density at radius 2 is 1.88 bits per heavy atom. The molecule has 0 aliphatic rings. The van der Waals surface area contributed by atoms with Gasteiger partial charge in [0.2, 0.25) is 0 Å². The topological polar surface area (TPSA) is 30.5 Å². The summed E-state index contributed by atoms with van der Waals surface area (Å²) in [6.45, 7) is 3.84. The zero-order chi connectivity index (χ0) is 11.8. The first-order valence-electron chi connectivity index (χ1n) is 5.61. The molecule has 16 heavy (non-hydrogen) atoms. The van der Waals surface area contributed by atoms with Gasteiger partial charge in [-0.2, -0.15) is 0 Å². The van der Waals surface area contributed by atoms with Crippen molar-refractivity contribution >= 4 is 0 Å². The lowest BCUT2D eigenvalue weighted by molar-refractivity contribution is 0.172. The highest BCUT2D eigenvalue weighted by atomic mass is 16.5. The molecule has 0 aromatic heterocycles. The highest BCUT2D eigenvalue weighted by molar-refractivity contribution is 5.27. The zero-order valence-corrected chi connectivity index (χ0v) is 10.3. The van der Waals surface area contributed by atoms with Crippen LogP contribution >= 0.6 is 0 Å². The van der Waals surface area contributed by atoms with E-state index < -0.39 is 0 Å². The van der Waals surface area contributed by atoms with Crippen LogP contribution in [-0.4, -0.2) is 33.4 Å². The van der Waals surface area contributed by atoms with Gasteiger partial charge >= 0.3 is 0 Å². The van der Waals surface area contributed by atoms with Crippen molar-refractivity contribution < 1.29 is 9.47 Å². The second-order valence-electron chi connectivity index (χ2n) is 3.91. The summed E-state index contributed by atoms with van der Waals surface area (Å²) in [4.78, 5) is 0. The highest BCUT2D eigenvalue weighted by Crippen LogP contribution is 2.11. The fourth-order valence-corrected chi connectivity index (χ4v) is 1.56. The first-order valence-corrected chi connectivity index (χ1v) is 5.61. The maximum atomic E-state index is 5.11. The lowest BCUT2D eigenvalue weighted by atomic mass is 10.1. The van der Waals surface area contributed by atoms with Crippen molar-refractivity contribution in [1.29, 1.82) is 0 Å². The Kier molecular flexibility index (Phi) is 5.90. The lowest BCUT2D eigenvalue weighted by Gasteiger charge is -2.12. The molecule has 0 spiro atoms. The van der Waals surface area contributed by atoms with E-state index in [2.05, 4.69) is 24.4 Å². The Balaban J connectivity index is 2.26. The molecule has 0 fully saturated rings. The van der Waals surface area contributed by atoms with Gasteiger partial charge in [-0.05, 0) is 37.6 Å². The van der Waals surface area contributed by atoms with Crippen LogP contribution in [0.3, 0.4) is 0 Å². The average Bonchev–Trinajstić information content (AvgIpc) is 2.30. The maximum absolute atomic E-state index is 5.11. The van der Waals surface area contributed by atoms with Crippen molar-refractivity contribution in [2.75, 3.05) is 27.4 Å². The minimum Gasteiger partial charge on any atom is -0.497 e. The van der Waals surface area contributed by atoms with E-state index in [1.54, 1.807) is 14.2 Å². The van der Waals surface area contributed by atoms with Crippen molar-refractivity contribution in [2.45, 2.75) is 19.4 Å². The zero-order valence-electron chi connectivity index (χ0n) is 10.3. The minimum atomic E-state index is 0.406. The van der Waals surface area contributed by atoms with E-state index in [9.17, 15) is 0 Å². The van der Waals surface area contributed by atoms with Crippen LogP contribution in [0.5, 0.6) is 5.75 Å². The molecule has 1 rings (SSSR count). The van der Waals surface area contributed by atoms with Crippen molar-refractivity contribution in [3.8, 4) is 5.75 Å². The molecule has 3 nitrogen and oxygen atoms in total.